The minimum absolute atomic E-state index is 0.114. The highest BCUT2D eigenvalue weighted by atomic mass is 16.7. The van der Waals surface area contributed by atoms with E-state index in [2.05, 4.69) is 70.1 Å². The molecule has 2 aliphatic carbocycles. The molecule has 2 bridgehead atoms. The molecule has 2 heteroatoms. The van der Waals surface area contributed by atoms with E-state index in [0.717, 1.165) is 19.1 Å². The Morgan fingerprint density at radius 2 is 1.86 bits per heavy atom. The molecule has 1 aromatic rings. The largest absolute Gasteiger partial charge is 0.368 e. The summed E-state index contributed by atoms with van der Waals surface area (Å²) in [6.07, 6.45) is 3.81. The number of rotatable bonds is 5. The third kappa shape index (κ3) is 2.07. The molecule has 3 rings (SSSR count). The second kappa shape index (κ2) is 5.35. The van der Waals surface area contributed by atoms with Crippen LogP contribution < -0.4 is 0 Å². The van der Waals surface area contributed by atoms with Crippen molar-refractivity contribution in [1.29, 1.82) is 0 Å². The highest BCUT2D eigenvalue weighted by Gasteiger charge is 2.69. The molecule has 2 aliphatic rings. The van der Waals surface area contributed by atoms with Gasteiger partial charge >= 0.3 is 0 Å². The third-order valence-electron chi connectivity index (χ3n) is 6.99. The lowest BCUT2D eigenvalue weighted by molar-refractivity contribution is -0.148. The van der Waals surface area contributed by atoms with Crippen LogP contribution in [0.15, 0.2) is 30.3 Å². The molecule has 0 unspecified atom stereocenters. The molecule has 2 nitrogen and oxygen atoms in total. The first-order chi connectivity index (χ1) is 10.3. The van der Waals surface area contributed by atoms with E-state index in [9.17, 15) is 0 Å². The molecule has 122 valence electrons. The maximum absolute atomic E-state index is 6.72. The summed E-state index contributed by atoms with van der Waals surface area (Å²) in [6.45, 7) is 9.19. The lowest BCUT2D eigenvalue weighted by Crippen LogP contribution is -2.47. The van der Waals surface area contributed by atoms with Gasteiger partial charge in [0.05, 0.1) is 12.2 Å². The van der Waals surface area contributed by atoms with Crippen molar-refractivity contribution in [2.24, 2.45) is 16.7 Å². The number of hydrogen-bond acceptors (Lipinski definition) is 2. The van der Waals surface area contributed by atoms with Gasteiger partial charge in [-0.25, -0.2) is 0 Å². The first-order valence-electron chi connectivity index (χ1n) is 8.68. The molecule has 0 radical (unpaired) electrons. The summed E-state index contributed by atoms with van der Waals surface area (Å²) >= 11 is 0. The molecule has 0 aromatic heterocycles. The lowest BCUT2D eigenvalue weighted by Gasteiger charge is -2.49. The maximum atomic E-state index is 6.72. The van der Waals surface area contributed by atoms with Crippen molar-refractivity contribution < 1.29 is 4.74 Å². The van der Waals surface area contributed by atoms with Gasteiger partial charge in [-0.05, 0) is 50.3 Å². The fourth-order valence-electron chi connectivity index (χ4n) is 5.10. The summed E-state index contributed by atoms with van der Waals surface area (Å²) in [5.74, 6) is 0.775. The van der Waals surface area contributed by atoms with Gasteiger partial charge in [0.2, 0.25) is 0 Å². The van der Waals surface area contributed by atoms with Gasteiger partial charge < -0.3 is 9.64 Å². The molecular formula is C20H31NO. The predicted octanol–water partition coefficient (Wildman–Crippen LogP) is 4.31. The van der Waals surface area contributed by atoms with E-state index >= 15 is 0 Å². The summed E-state index contributed by atoms with van der Waals surface area (Å²) in [6, 6.07) is 11.0. The molecule has 0 amide bonds. The van der Waals surface area contributed by atoms with E-state index in [1.54, 1.807) is 0 Å². The second-order valence-corrected chi connectivity index (χ2v) is 8.34. The van der Waals surface area contributed by atoms with Crippen LogP contribution in [-0.4, -0.2) is 32.1 Å². The molecule has 0 saturated heterocycles. The van der Waals surface area contributed by atoms with Gasteiger partial charge in [-0.1, -0.05) is 51.1 Å². The molecular weight excluding hydrogens is 272 g/mol. The van der Waals surface area contributed by atoms with Crippen molar-refractivity contribution in [3.05, 3.63) is 35.9 Å². The van der Waals surface area contributed by atoms with Crippen molar-refractivity contribution in [1.82, 2.24) is 4.90 Å². The molecule has 0 aliphatic heterocycles. The van der Waals surface area contributed by atoms with Crippen LogP contribution in [0, 0.1) is 16.7 Å². The van der Waals surface area contributed by atoms with Gasteiger partial charge in [0.1, 0.15) is 0 Å². The SMILES string of the molecule is CN(C)C[14CH2]O[C@]1(c2ccccc2)C[C@H]2CC[C@]1(C)C2(C)C. The molecule has 3 atom stereocenters. The van der Waals surface area contributed by atoms with Crippen molar-refractivity contribution in [3.63, 3.8) is 0 Å². The summed E-state index contributed by atoms with van der Waals surface area (Å²) in [5.41, 5.74) is 1.84. The average molecular weight is 303 g/mol. The van der Waals surface area contributed by atoms with E-state index in [1.165, 1.54) is 24.8 Å². The minimum Gasteiger partial charge on any atom is -0.368 e. The predicted molar refractivity (Wildman–Crippen MR) is 91.9 cm³/mol. The Balaban J connectivity index is 1.99. The van der Waals surface area contributed by atoms with E-state index in [-0.39, 0.29) is 11.0 Å². The van der Waals surface area contributed by atoms with Gasteiger partial charge in [0, 0.05) is 12.0 Å². The standard InChI is InChI=1S/C20H31NO/c1-18(2)17-11-12-19(18,3)20(15-17,22-14-13-21(4)5)16-9-7-6-8-10-16/h6-10,17H,11-15H2,1-5H3/t17-,19-,20+/m1/s1/i14+2. The highest BCUT2D eigenvalue weighted by Crippen LogP contribution is 2.73. The smallest absolute Gasteiger partial charge is 0.0993 e. The number of ether oxygens (including phenoxy) is 1. The van der Waals surface area contributed by atoms with Crippen LogP contribution in [0.4, 0.5) is 0 Å². The average Bonchev–Trinajstić information content (AvgIpc) is 2.80. The number of hydrogen-bond donors (Lipinski definition) is 0. The van der Waals surface area contributed by atoms with Gasteiger partial charge in [0.25, 0.3) is 0 Å². The molecule has 0 N–H and O–H groups in total. The zero-order valence-electron chi connectivity index (χ0n) is 14.9. The van der Waals surface area contributed by atoms with Crippen LogP contribution in [0.2, 0.25) is 0 Å². The van der Waals surface area contributed by atoms with Crippen molar-refractivity contribution >= 4 is 0 Å². The zero-order chi connectivity index (χ0) is 16.0. The monoisotopic (exact) mass is 303 g/mol. The van der Waals surface area contributed by atoms with Gasteiger partial charge in [0.15, 0.2) is 0 Å². The fourth-order valence-corrected chi connectivity index (χ4v) is 5.10. The highest BCUT2D eigenvalue weighted by molar-refractivity contribution is 5.32. The Bertz CT molecular complexity index is 524. The summed E-state index contributed by atoms with van der Waals surface area (Å²) in [7, 11) is 4.23. The Labute approximate surface area is 135 Å². The van der Waals surface area contributed by atoms with E-state index in [4.69, 9.17) is 4.74 Å². The van der Waals surface area contributed by atoms with Crippen LogP contribution >= 0.6 is 0 Å². The minimum atomic E-state index is -0.114. The van der Waals surface area contributed by atoms with Gasteiger partial charge in [-0.15, -0.1) is 0 Å². The quantitative estimate of drug-likeness (QED) is 0.804. The van der Waals surface area contributed by atoms with Crippen LogP contribution in [0.25, 0.3) is 0 Å². The summed E-state index contributed by atoms with van der Waals surface area (Å²) in [5, 5.41) is 0. The van der Waals surface area contributed by atoms with E-state index in [1.807, 2.05) is 0 Å². The fraction of sp³-hybridized carbons (Fsp3) is 0.700. The Hall–Kier alpha value is -0.860. The Morgan fingerprint density at radius 1 is 1.18 bits per heavy atom. The van der Waals surface area contributed by atoms with Crippen LogP contribution in [0.1, 0.15) is 45.6 Å². The van der Waals surface area contributed by atoms with E-state index in [0.29, 0.717) is 5.41 Å². The second-order valence-electron chi connectivity index (χ2n) is 8.34. The molecule has 1 aromatic carbocycles. The number of likely N-dealkylation sites (N-methyl/N-ethyl adjacent to an activating group) is 1. The zero-order valence-corrected chi connectivity index (χ0v) is 14.9. The molecule has 0 spiro atoms. The van der Waals surface area contributed by atoms with Crippen LogP contribution in [-0.2, 0) is 10.3 Å². The van der Waals surface area contributed by atoms with Gasteiger partial charge in [-0.3, -0.25) is 0 Å². The first-order valence-corrected chi connectivity index (χ1v) is 8.68. The molecule has 22 heavy (non-hydrogen) atoms. The van der Waals surface area contributed by atoms with Crippen molar-refractivity contribution in [3.8, 4) is 0 Å². The Morgan fingerprint density at radius 3 is 2.36 bits per heavy atom. The first kappa shape index (κ1) is 16.0. The lowest BCUT2D eigenvalue weighted by atomic mass is 9.62. The summed E-state index contributed by atoms with van der Waals surface area (Å²) in [4.78, 5) is 2.21. The number of benzene rings is 1. The van der Waals surface area contributed by atoms with Crippen LogP contribution in [0.5, 0.6) is 0 Å². The molecule has 0 heterocycles. The normalized spacial score (nSPS) is 36.2. The third-order valence-corrected chi connectivity index (χ3v) is 6.99. The topological polar surface area (TPSA) is 12.5 Å². The molecule has 2 fully saturated rings. The van der Waals surface area contributed by atoms with Crippen LogP contribution in [0.3, 0.4) is 0 Å². The Kier molecular flexibility index (Phi) is 3.89. The van der Waals surface area contributed by atoms with Crippen molar-refractivity contribution in [2.75, 3.05) is 27.2 Å². The van der Waals surface area contributed by atoms with Crippen molar-refractivity contribution in [2.45, 2.75) is 45.6 Å². The van der Waals surface area contributed by atoms with E-state index < -0.39 is 0 Å². The summed E-state index contributed by atoms with van der Waals surface area (Å²) < 4.78 is 6.72. The molecule has 2 saturated carbocycles. The van der Waals surface area contributed by atoms with Gasteiger partial charge in [-0.2, -0.15) is 0 Å². The maximum Gasteiger partial charge on any atom is 0.0993 e. The number of nitrogens with zero attached hydrogens (tertiary/aromatic N) is 1. The number of fused-ring (bicyclic) bond motifs is 2.